The summed E-state index contributed by atoms with van der Waals surface area (Å²) in [6, 6.07) is 2.08. The number of aryl methyl sites for hydroxylation is 2. The van der Waals surface area contributed by atoms with Crippen molar-refractivity contribution < 1.29 is 4.52 Å². The van der Waals surface area contributed by atoms with E-state index in [-0.39, 0.29) is 0 Å². The maximum atomic E-state index is 5.19. The molecule has 0 amide bonds. The van der Waals surface area contributed by atoms with E-state index in [1.807, 2.05) is 0 Å². The molecule has 0 spiro atoms. The first-order chi connectivity index (χ1) is 6.36. The molecule has 0 radical (unpaired) electrons. The molecule has 0 saturated carbocycles. The van der Waals surface area contributed by atoms with E-state index in [9.17, 15) is 0 Å². The van der Waals surface area contributed by atoms with E-state index in [0.29, 0.717) is 0 Å². The van der Waals surface area contributed by atoms with Gasteiger partial charge in [0.25, 0.3) is 0 Å². The predicted octanol–water partition coefficient (Wildman–Crippen LogP) is 3.36. The van der Waals surface area contributed by atoms with Crippen LogP contribution in [-0.2, 0) is 12.8 Å². The van der Waals surface area contributed by atoms with E-state index >= 15 is 0 Å². The quantitative estimate of drug-likeness (QED) is 0.629. The normalized spacial score (nSPS) is 10.6. The largest absolute Gasteiger partial charge is 0.361 e. The van der Waals surface area contributed by atoms with Crippen LogP contribution in [0.1, 0.15) is 51.0 Å². The van der Waals surface area contributed by atoms with E-state index < -0.39 is 0 Å². The summed E-state index contributed by atoms with van der Waals surface area (Å²) >= 11 is 0. The van der Waals surface area contributed by atoms with Crippen LogP contribution < -0.4 is 0 Å². The van der Waals surface area contributed by atoms with E-state index in [4.69, 9.17) is 4.52 Å². The van der Waals surface area contributed by atoms with Crippen molar-refractivity contribution in [2.24, 2.45) is 0 Å². The molecule has 13 heavy (non-hydrogen) atoms. The van der Waals surface area contributed by atoms with Crippen LogP contribution in [0.3, 0.4) is 0 Å². The topological polar surface area (TPSA) is 26.0 Å². The predicted molar refractivity (Wildman–Crippen MR) is 53.7 cm³/mol. The second kappa shape index (κ2) is 5.79. The van der Waals surface area contributed by atoms with Gasteiger partial charge >= 0.3 is 0 Å². The Hall–Kier alpha value is -0.790. The number of hydrogen-bond acceptors (Lipinski definition) is 2. The molecule has 2 nitrogen and oxygen atoms in total. The highest BCUT2D eigenvalue weighted by molar-refractivity contribution is 5.04. The van der Waals surface area contributed by atoms with Gasteiger partial charge in [0.1, 0.15) is 5.76 Å². The third-order valence-corrected chi connectivity index (χ3v) is 2.25. The van der Waals surface area contributed by atoms with Gasteiger partial charge in [-0.15, -0.1) is 0 Å². The monoisotopic (exact) mass is 181 g/mol. The number of unbranched alkanes of at least 4 members (excludes halogenated alkanes) is 3. The Morgan fingerprint density at radius 1 is 1.23 bits per heavy atom. The van der Waals surface area contributed by atoms with Crippen molar-refractivity contribution in [3.8, 4) is 0 Å². The molecule has 1 aromatic heterocycles. The Labute approximate surface area is 80.3 Å². The number of nitrogens with zero attached hydrogens (tertiary/aromatic N) is 1. The van der Waals surface area contributed by atoms with Crippen molar-refractivity contribution in [2.45, 2.75) is 52.4 Å². The standard InChI is InChI=1S/C11H19NO/c1-3-5-6-7-8-11-9-10(4-2)12-13-11/h9H,3-8H2,1-2H3. The summed E-state index contributed by atoms with van der Waals surface area (Å²) in [6.45, 7) is 4.32. The van der Waals surface area contributed by atoms with Gasteiger partial charge in [0.2, 0.25) is 0 Å². The Kier molecular flexibility index (Phi) is 4.58. The minimum atomic E-state index is 0.971. The molecule has 0 aromatic carbocycles. The average Bonchev–Trinajstić information content (AvgIpc) is 2.60. The van der Waals surface area contributed by atoms with Gasteiger partial charge in [0.15, 0.2) is 0 Å². The maximum absolute atomic E-state index is 5.19. The van der Waals surface area contributed by atoms with Crippen LogP contribution in [0.15, 0.2) is 10.6 Å². The number of aromatic nitrogens is 1. The zero-order chi connectivity index (χ0) is 9.52. The Morgan fingerprint density at radius 3 is 2.69 bits per heavy atom. The van der Waals surface area contributed by atoms with E-state index in [1.165, 1.54) is 25.7 Å². The third kappa shape index (κ3) is 3.62. The molecular weight excluding hydrogens is 162 g/mol. The van der Waals surface area contributed by atoms with Crippen LogP contribution in [0.4, 0.5) is 0 Å². The van der Waals surface area contributed by atoms with Crippen molar-refractivity contribution in [3.63, 3.8) is 0 Å². The van der Waals surface area contributed by atoms with E-state index in [2.05, 4.69) is 25.1 Å². The summed E-state index contributed by atoms with van der Waals surface area (Å²) in [6.07, 6.45) is 7.17. The lowest BCUT2D eigenvalue weighted by Gasteiger charge is -1.94. The molecule has 1 heterocycles. The molecule has 0 saturated heterocycles. The highest BCUT2D eigenvalue weighted by atomic mass is 16.5. The summed E-state index contributed by atoms with van der Waals surface area (Å²) in [7, 11) is 0. The molecule has 0 bridgehead atoms. The molecule has 0 aliphatic carbocycles. The van der Waals surface area contributed by atoms with Crippen LogP contribution in [-0.4, -0.2) is 5.16 Å². The van der Waals surface area contributed by atoms with Crippen LogP contribution in [0, 0.1) is 0 Å². The van der Waals surface area contributed by atoms with Gasteiger partial charge < -0.3 is 4.52 Å². The molecular formula is C11H19NO. The van der Waals surface area contributed by atoms with Crippen LogP contribution in [0.5, 0.6) is 0 Å². The molecule has 0 aliphatic heterocycles. The maximum Gasteiger partial charge on any atom is 0.137 e. The summed E-state index contributed by atoms with van der Waals surface area (Å²) < 4.78 is 5.19. The third-order valence-electron chi connectivity index (χ3n) is 2.25. The molecule has 0 N–H and O–H groups in total. The fraction of sp³-hybridized carbons (Fsp3) is 0.727. The number of rotatable bonds is 6. The van der Waals surface area contributed by atoms with Crippen LogP contribution >= 0.6 is 0 Å². The molecule has 0 unspecified atom stereocenters. The van der Waals surface area contributed by atoms with Crippen molar-refractivity contribution in [1.82, 2.24) is 5.16 Å². The van der Waals surface area contributed by atoms with Crippen molar-refractivity contribution >= 4 is 0 Å². The first-order valence-corrected chi connectivity index (χ1v) is 5.31. The molecule has 0 fully saturated rings. The van der Waals surface area contributed by atoms with Crippen molar-refractivity contribution in [2.75, 3.05) is 0 Å². The zero-order valence-electron chi connectivity index (χ0n) is 8.68. The summed E-state index contributed by atoms with van der Waals surface area (Å²) in [5, 5.41) is 3.96. The zero-order valence-corrected chi connectivity index (χ0v) is 8.68. The van der Waals surface area contributed by atoms with Crippen LogP contribution in [0.2, 0.25) is 0 Å². The van der Waals surface area contributed by atoms with E-state index in [0.717, 1.165) is 24.3 Å². The lowest BCUT2D eigenvalue weighted by molar-refractivity contribution is 0.373. The first kappa shape index (κ1) is 10.3. The Morgan fingerprint density at radius 2 is 2.08 bits per heavy atom. The van der Waals surface area contributed by atoms with Gasteiger partial charge in [-0.05, 0) is 12.8 Å². The number of hydrogen-bond donors (Lipinski definition) is 0. The molecule has 0 atom stereocenters. The van der Waals surface area contributed by atoms with Crippen molar-refractivity contribution in [1.29, 1.82) is 0 Å². The lowest BCUT2D eigenvalue weighted by Crippen LogP contribution is -1.82. The molecule has 1 rings (SSSR count). The molecule has 74 valence electrons. The summed E-state index contributed by atoms with van der Waals surface area (Å²) in [5.74, 6) is 1.05. The second-order valence-corrected chi connectivity index (χ2v) is 3.45. The SMILES string of the molecule is CCCCCCc1cc(CC)no1. The summed E-state index contributed by atoms with van der Waals surface area (Å²) in [4.78, 5) is 0. The highest BCUT2D eigenvalue weighted by Crippen LogP contribution is 2.09. The van der Waals surface area contributed by atoms with Crippen LogP contribution in [0.25, 0.3) is 0 Å². The van der Waals surface area contributed by atoms with Gasteiger partial charge in [-0.3, -0.25) is 0 Å². The van der Waals surface area contributed by atoms with Gasteiger partial charge in [-0.1, -0.05) is 38.3 Å². The van der Waals surface area contributed by atoms with Gasteiger partial charge in [0, 0.05) is 12.5 Å². The van der Waals surface area contributed by atoms with Gasteiger partial charge in [-0.25, -0.2) is 0 Å². The fourth-order valence-electron chi connectivity index (χ4n) is 1.37. The Balaban J connectivity index is 2.20. The van der Waals surface area contributed by atoms with Gasteiger partial charge in [-0.2, -0.15) is 0 Å². The summed E-state index contributed by atoms with van der Waals surface area (Å²) in [5.41, 5.74) is 1.07. The Bertz CT molecular complexity index is 230. The molecule has 1 aromatic rings. The minimum Gasteiger partial charge on any atom is -0.361 e. The van der Waals surface area contributed by atoms with E-state index in [1.54, 1.807) is 0 Å². The van der Waals surface area contributed by atoms with Gasteiger partial charge in [0.05, 0.1) is 5.69 Å². The molecule has 2 heteroatoms. The first-order valence-electron chi connectivity index (χ1n) is 5.31. The highest BCUT2D eigenvalue weighted by Gasteiger charge is 2.01. The lowest BCUT2D eigenvalue weighted by atomic mass is 10.1. The molecule has 0 aliphatic rings. The smallest absolute Gasteiger partial charge is 0.137 e. The average molecular weight is 181 g/mol. The van der Waals surface area contributed by atoms with Crippen molar-refractivity contribution in [3.05, 3.63) is 17.5 Å². The minimum absolute atomic E-state index is 0.971. The fourth-order valence-corrected chi connectivity index (χ4v) is 1.37. The second-order valence-electron chi connectivity index (χ2n) is 3.45.